The van der Waals surface area contributed by atoms with Crippen LogP contribution >= 0.6 is 0 Å². The summed E-state index contributed by atoms with van der Waals surface area (Å²) in [5.74, 6) is 1.73. The molecule has 2 nitrogen and oxygen atoms in total. The van der Waals surface area contributed by atoms with Crippen LogP contribution in [-0.2, 0) is 0 Å². The van der Waals surface area contributed by atoms with Gasteiger partial charge in [-0.2, -0.15) is 0 Å². The molecule has 0 aromatic heterocycles. The number of halogens is 1. The Hall–Kier alpha value is -3.07. The third kappa shape index (κ3) is 3.11. The number of benzene rings is 3. The highest BCUT2D eigenvalue weighted by Crippen LogP contribution is 2.50. The van der Waals surface area contributed by atoms with Crippen LogP contribution in [0.1, 0.15) is 49.8 Å². The van der Waals surface area contributed by atoms with E-state index in [1.165, 1.54) is 23.3 Å². The first-order valence-corrected chi connectivity index (χ1v) is 10.1. The molecule has 29 heavy (non-hydrogen) atoms. The van der Waals surface area contributed by atoms with Gasteiger partial charge in [-0.15, -0.1) is 0 Å². The Bertz CT molecular complexity index is 1150. The predicted octanol–water partition coefficient (Wildman–Crippen LogP) is 7.08. The molecule has 2 heterocycles. The van der Waals surface area contributed by atoms with Crippen LogP contribution in [0.15, 0.2) is 60.7 Å². The van der Waals surface area contributed by atoms with Gasteiger partial charge in [0.2, 0.25) is 0 Å². The van der Waals surface area contributed by atoms with Crippen molar-refractivity contribution in [1.82, 2.24) is 0 Å². The lowest BCUT2D eigenvalue weighted by molar-refractivity contribution is 0.450. The van der Waals surface area contributed by atoms with Gasteiger partial charge in [-0.1, -0.05) is 43.3 Å². The van der Waals surface area contributed by atoms with Gasteiger partial charge in [0, 0.05) is 22.4 Å². The molecule has 0 bridgehead atoms. The van der Waals surface area contributed by atoms with Crippen LogP contribution in [0.25, 0.3) is 23.0 Å². The number of para-hydroxylation sites is 1. The highest BCUT2D eigenvalue weighted by molar-refractivity contribution is 5.95. The summed E-state index contributed by atoms with van der Waals surface area (Å²) in [5.41, 5.74) is 6.64. The summed E-state index contributed by atoms with van der Waals surface area (Å²) in [6.45, 7) is 6.75. The van der Waals surface area contributed by atoms with E-state index in [1.807, 2.05) is 30.3 Å². The lowest BCUT2D eigenvalue weighted by Gasteiger charge is -2.40. The molecule has 5 rings (SSSR count). The molecule has 0 fully saturated rings. The van der Waals surface area contributed by atoms with Crippen molar-refractivity contribution in [2.24, 2.45) is 0 Å². The molecule has 2 aliphatic heterocycles. The van der Waals surface area contributed by atoms with Gasteiger partial charge in [-0.05, 0) is 73.2 Å². The Labute approximate surface area is 171 Å². The van der Waals surface area contributed by atoms with Crippen LogP contribution in [0.5, 0.6) is 5.75 Å². The topological polar surface area (TPSA) is 21.3 Å². The van der Waals surface area contributed by atoms with Crippen molar-refractivity contribution in [2.75, 3.05) is 5.32 Å². The van der Waals surface area contributed by atoms with Crippen molar-refractivity contribution < 1.29 is 9.13 Å². The Morgan fingerprint density at radius 1 is 1.03 bits per heavy atom. The van der Waals surface area contributed by atoms with Crippen molar-refractivity contribution in [3.63, 3.8) is 0 Å². The summed E-state index contributed by atoms with van der Waals surface area (Å²) in [7, 11) is 0. The molecule has 2 aliphatic rings. The number of ether oxygens (including phenoxy) is 1. The van der Waals surface area contributed by atoms with Crippen LogP contribution < -0.4 is 10.1 Å². The van der Waals surface area contributed by atoms with E-state index >= 15 is 0 Å². The summed E-state index contributed by atoms with van der Waals surface area (Å²) < 4.78 is 20.2. The summed E-state index contributed by atoms with van der Waals surface area (Å²) in [6, 6.07) is 19.1. The maximum Gasteiger partial charge on any atom is 0.136 e. The second-order valence-electron chi connectivity index (χ2n) is 8.73. The van der Waals surface area contributed by atoms with Gasteiger partial charge in [0.05, 0.1) is 0 Å². The van der Waals surface area contributed by atoms with E-state index in [9.17, 15) is 4.39 Å². The third-order valence-corrected chi connectivity index (χ3v) is 5.82. The Kier molecular flexibility index (Phi) is 4.02. The van der Waals surface area contributed by atoms with Crippen molar-refractivity contribution in [3.8, 4) is 16.9 Å². The zero-order chi connectivity index (χ0) is 20.2. The fraction of sp³-hybridized carbons (Fsp3) is 0.231. The number of fused-ring (bicyclic) bond motifs is 5. The van der Waals surface area contributed by atoms with Crippen molar-refractivity contribution in [1.29, 1.82) is 0 Å². The molecule has 0 aliphatic carbocycles. The maximum atomic E-state index is 13.8. The van der Waals surface area contributed by atoms with E-state index in [0.29, 0.717) is 5.92 Å². The molecule has 3 aromatic rings. The molecule has 0 saturated heterocycles. The molecule has 3 aromatic carbocycles. The first-order chi connectivity index (χ1) is 13.9. The number of nitrogens with one attached hydrogen (secondary N) is 1. The SMILES string of the molecule is CC1CC(C)(C)Nc2ccc3c(c21)/C(=C/c1cccc(F)c1)Oc1ccccc1-3. The first kappa shape index (κ1) is 18.0. The largest absolute Gasteiger partial charge is 0.456 e. The van der Waals surface area contributed by atoms with E-state index in [4.69, 9.17) is 4.74 Å². The number of rotatable bonds is 1. The van der Waals surface area contributed by atoms with Gasteiger partial charge in [-0.25, -0.2) is 4.39 Å². The van der Waals surface area contributed by atoms with Crippen LogP contribution in [0.2, 0.25) is 0 Å². The van der Waals surface area contributed by atoms with Crippen LogP contribution in [0, 0.1) is 5.82 Å². The second-order valence-corrected chi connectivity index (χ2v) is 8.73. The molecule has 1 unspecified atom stereocenters. The molecule has 0 spiro atoms. The fourth-order valence-electron chi connectivity index (χ4n) is 4.81. The van der Waals surface area contributed by atoms with E-state index in [-0.39, 0.29) is 11.4 Å². The molecule has 1 N–H and O–H groups in total. The van der Waals surface area contributed by atoms with Crippen molar-refractivity contribution >= 4 is 17.5 Å². The zero-order valence-electron chi connectivity index (χ0n) is 16.9. The fourth-order valence-corrected chi connectivity index (χ4v) is 4.81. The van der Waals surface area contributed by atoms with Crippen molar-refractivity contribution in [3.05, 3.63) is 83.2 Å². The van der Waals surface area contributed by atoms with Crippen LogP contribution in [-0.4, -0.2) is 5.54 Å². The Morgan fingerprint density at radius 3 is 2.69 bits per heavy atom. The lowest BCUT2D eigenvalue weighted by Crippen LogP contribution is -2.37. The van der Waals surface area contributed by atoms with Gasteiger partial charge in [0.25, 0.3) is 0 Å². The average Bonchev–Trinajstić information content (AvgIpc) is 2.66. The van der Waals surface area contributed by atoms with Crippen LogP contribution in [0.3, 0.4) is 0 Å². The lowest BCUT2D eigenvalue weighted by atomic mass is 9.77. The van der Waals surface area contributed by atoms with Gasteiger partial charge in [0.15, 0.2) is 0 Å². The molecule has 0 radical (unpaired) electrons. The van der Waals surface area contributed by atoms with E-state index < -0.39 is 0 Å². The number of hydrogen-bond donors (Lipinski definition) is 1. The number of anilines is 1. The quantitative estimate of drug-likeness (QED) is 0.483. The van der Waals surface area contributed by atoms with Gasteiger partial charge >= 0.3 is 0 Å². The summed E-state index contributed by atoms with van der Waals surface area (Å²) >= 11 is 0. The van der Waals surface area contributed by atoms with E-state index in [1.54, 1.807) is 6.07 Å². The average molecular weight is 385 g/mol. The minimum absolute atomic E-state index is 0.0422. The zero-order valence-corrected chi connectivity index (χ0v) is 16.9. The monoisotopic (exact) mass is 385 g/mol. The van der Waals surface area contributed by atoms with Crippen molar-refractivity contribution in [2.45, 2.75) is 38.6 Å². The third-order valence-electron chi connectivity index (χ3n) is 5.82. The molecule has 0 amide bonds. The standard InChI is InChI=1S/C26H24FNO/c1-16-15-26(2,3)28-21-12-11-20-19-9-4-5-10-22(19)29-23(25(20)24(16)21)14-17-7-6-8-18(27)13-17/h4-14,16,28H,15H2,1-3H3/b23-14-. The summed E-state index contributed by atoms with van der Waals surface area (Å²) in [5, 5.41) is 3.69. The maximum absolute atomic E-state index is 13.8. The molecule has 146 valence electrons. The molecular formula is C26H24FNO. The molecule has 1 atom stereocenters. The highest BCUT2D eigenvalue weighted by atomic mass is 19.1. The Balaban J connectivity index is 1.77. The van der Waals surface area contributed by atoms with E-state index in [0.717, 1.165) is 40.3 Å². The van der Waals surface area contributed by atoms with Gasteiger partial charge in [-0.3, -0.25) is 0 Å². The first-order valence-electron chi connectivity index (χ1n) is 10.1. The van der Waals surface area contributed by atoms with Crippen LogP contribution in [0.4, 0.5) is 10.1 Å². The van der Waals surface area contributed by atoms with E-state index in [2.05, 4.69) is 44.3 Å². The minimum Gasteiger partial charge on any atom is -0.456 e. The van der Waals surface area contributed by atoms with Gasteiger partial charge in [0.1, 0.15) is 17.3 Å². The minimum atomic E-state index is -0.248. The second kappa shape index (κ2) is 6.48. The molecular weight excluding hydrogens is 361 g/mol. The Morgan fingerprint density at radius 2 is 1.86 bits per heavy atom. The van der Waals surface area contributed by atoms with Gasteiger partial charge < -0.3 is 10.1 Å². The number of hydrogen-bond acceptors (Lipinski definition) is 2. The predicted molar refractivity (Wildman–Crippen MR) is 118 cm³/mol. The summed E-state index contributed by atoms with van der Waals surface area (Å²) in [6.07, 6.45) is 2.98. The highest BCUT2D eigenvalue weighted by Gasteiger charge is 2.35. The smallest absolute Gasteiger partial charge is 0.136 e. The normalized spacial score (nSPS) is 20.1. The molecule has 3 heteroatoms. The molecule has 0 saturated carbocycles. The summed E-state index contributed by atoms with van der Waals surface area (Å²) in [4.78, 5) is 0.